The minimum absolute atomic E-state index is 0.0830. The number of fused-ring (bicyclic) bond motifs is 2. The molecule has 2 unspecified atom stereocenters. The standard InChI is InChI=1S/C42H43N3O4S/c1-3-23-43(27-30-15-9-6-10-16-30)39(47)36-35-21-22-42(50-35)37(36)40(48)45(34(28-46)25-29-13-7-5-8-14-29)38(42)41(49)44(24-4-2)33-20-19-31-17-11-12-18-32(31)26-33/h3-20,26,34-38,46H,1-2,21-25,27-28H2/t34-,35-,36+,37+,38?,42?/m1/s1. The van der Waals surface area contributed by atoms with E-state index in [2.05, 4.69) is 13.2 Å². The molecule has 4 aromatic carbocycles. The van der Waals surface area contributed by atoms with Crippen molar-refractivity contribution in [3.63, 3.8) is 0 Å². The molecule has 3 heterocycles. The maximum atomic E-state index is 15.3. The molecule has 1 spiro atoms. The second-order valence-electron chi connectivity index (χ2n) is 13.6. The summed E-state index contributed by atoms with van der Waals surface area (Å²) in [5.41, 5.74) is 2.68. The van der Waals surface area contributed by atoms with Gasteiger partial charge in [0.05, 0.1) is 29.2 Å². The minimum atomic E-state index is -0.873. The average Bonchev–Trinajstić information content (AvgIpc) is 3.80. The second-order valence-corrected chi connectivity index (χ2v) is 15.2. The fourth-order valence-electron chi connectivity index (χ4n) is 8.53. The van der Waals surface area contributed by atoms with Crippen LogP contribution in [0.4, 0.5) is 5.69 Å². The number of carbonyl (C=O) groups is 3. The zero-order chi connectivity index (χ0) is 34.8. The first-order chi connectivity index (χ1) is 24.4. The average molecular weight is 686 g/mol. The van der Waals surface area contributed by atoms with Crippen molar-refractivity contribution in [3.8, 4) is 0 Å². The summed E-state index contributed by atoms with van der Waals surface area (Å²) in [5, 5.41) is 12.9. The molecule has 2 bridgehead atoms. The summed E-state index contributed by atoms with van der Waals surface area (Å²) in [5.74, 6) is -1.80. The SMILES string of the molecule is C=CCN(Cc1ccccc1)C(=O)[C@@H]1[C@H]2C(=O)N([C@@H](CO)Cc3ccccc3)C(C(=O)N(CC=C)c3ccc4ccccc4c3)C23CC[C@H]1S3. The molecule has 3 fully saturated rings. The number of amides is 3. The van der Waals surface area contributed by atoms with E-state index in [1.807, 2.05) is 103 Å². The Morgan fingerprint density at radius 3 is 2.22 bits per heavy atom. The number of benzene rings is 4. The Kier molecular flexibility index (Phi) is 9.67. The molecule has 50 heavy (non-hydrogen) atoms. The van der Waals surface area contributed by atoms with Crippen LogP contribution in [0.25, 0.3) is 10.8 Å². The van der Waals surface area contributed by atoms with Gasteiger partial charge in [-0.2, -0.15) is 0 Å². The van der Waals surface area contributed by atoms with Crippen LogP contribution in [0, 0.1) is 11.8 Å². The summed E-state index contributed by atoms with van der Waals surface area (Å²) >= 11 is 1.65. The zero-order valence-electron chi connectivity index (χ0n) is 28.1. The van der Waals surface area contributed by atoms with E-state index in [1.54, 1.807) is 38.6 Å². The Bertz CT molecular complexity index is 1900. The molecule has 0 aromatic heterocycles. The number of thioether (sulfide) groups is 1. The number of likely N-dealkylation sites (tertiary alicyclic amines) is 1. The summed E-state index contributed by atoms with van der Waals surface area (Å²) in [7, 11) is 0. The predicted octanol–water partition coefficient (Wildman–Crippen LogP) is 6.27. The van der Waals surface area contributed by atoms with Gasteiger partial charge in [0.1, 0.15) is 6.04 Å². The van der Waals surface area contributed by atoms with E-state index < -0.39 is 28.7 Å². The second kappa shape index (κ2) is 14.3. The first kappa shape index (κ1) is 33.8. The summed E-state index contributed by atoms with van der Waals surface area (Å²) in [6, 6.07) is 32.0. The molecule has 0 saturated carbocycles. The van der Waals surface area contributed by atoms with Crippen LogP contribution in [-0.4, -0.2) is 74.4 Å². The van der Waals surface area contributed by atoms with Gasteiger partial charge in [-0.3, -0.25) is 14.4 Å². The van der Waals surface area contributed by atoms with Crippen LogP contribution in [0.2, 0.25) is 0 Å². The quantitative estimate of drug-likeness (QED) is 0.168. The van der Waals surface area contributed by atoms with E-state index >= 15 is 9.59 Å². The molecule has 0 aliphatic carbocycles. The van der Waals surface area contributed by atoms with E-state index in [0.717, 1.165) is 34.0 Å². The smallest absolute Gasteiger partial charge is 0.251 e. The van der Waals surface area contributed by atoms with Gasteiger partial charge in [0.2, 0.25) is 11.8 Å². The molecule has 256 valence electrons. The molecule has 3 aliphatic heterocycles. The lowest BCUT2D eigenvalue weighted by Crippen LogP contribution is -2.58. The van der Waals surface area contributed by atoms with Crippen molar-refractivity contribution in [2.24, 2.45) is 11.8 Å². The van der Waals surface area contributed by atoms with Crippen molar-refractivity contribution >= 4 is 45.9 Å². The number of aliphatic hydroxyl groups is 1. The topological polar surface area (TPSA) is 81.2 Å². The maximum absolute atomic E-state index is 15.3. The van der Waals surface area contributed by atoms with Crippen molar-refractivity contribution in [2.75, 3.05) is 24.6 Å². The molecule has 8 heteroatoms. The Labute approximate surface area is 298 Å². The highest BCUT2D eigenvalue weighted by Crippen LogP contribution is 2.67. The summed E-state index contributed by atoms with van der Waals surface area (Å²) < 4.78 is -0.813. The zero-order valence-corrected chi connectivity index (χ0v) is 29.0. The van der Waals surface area contributed by atoms with Gasteiger partial charge in [0.15, 0.2) is 0 Å². The number of hydrogen-bond acceptors (Lipinski definition) is 5. The molecule has 7 rings (SSSR count). The molecule has 4 aromatic rings. The molecule has 7 nitrogen and oxygen atoms in total. The number of anilines is 1. The van der Waals surface area contributed by atoms with Crippen molar-refractivity contribution in [2.45, 2.75) is 47.9 Å². The van der Waals surface area contributed by atoms with Gasteiger partial charge in [0.25, 0.3) is 5.91 Å². The summed E-state index contributed by atoms with van der Waals surface area (Å²) in [6.07, 6.45) is 5.19. The largest absolute Gasteiger partial charge is 0.394 e. The lowest BCUT2D eigenvalue weighted by molar-refractivity contribution is -0.145. The molecular formula is C42H43N3O4S. The van der Waals surface area contributed by atoms with E-state index in [9.17, 15) is 9.90 Å². The normalized spacial score (nSPS) is 24.2. The molecule has 1 N–H and O–H groups in total. The van der Waals surface area contributed by atoms with Gasteiger partial charge in [-0.1, -0.05) is 103 Å². The first-order valence-corrected chi connectivity index (χ1v) is 18.3. The van der Waals surface area contributed by atoms with E-state index in [-0.39, 0.29) is 36.1 Å². The lowest BCUT2D eigenvalue weighted by Gasteiger charge is -2.39. The Morgan fingerprint density at radius 1 is 0.880 bits per heavy atom. The molecule has 0 radical (unpaired) electrons. The van der Waals surface area contributed by atoms with E-state index in [0.29, 0.717) is 25.9 Å². The van der Waals surface area contributed by atoms with Gasteiger partial charge < -0.3 is 19.8 Å². The van der Waals surface area contributed by atoms with E-state index in [4.69, 9.17) is 0 Å². The highest BCUT2D eigenvalue weighted by atomic mass is 32.2. The van der Waals surface area contributed by atoms with Gasteiger partial charge in [-0.05, 0) is 53.3 Å². The third kappa shape index (κ3) is 5.94. The van der Waals surface area contributed by atoms with Gasteiger partial charge in [-0.15, -0.1) is 24.9 Å². The maximum Gasteiger partial charge on any atom is 0.251 e. The van der Waals surface area contributed by atoms with Crippen LogP contribution in [-0.2, 0) is 27.3 Å². The molecule has 3 amide bonds. The molecular weight excluding hydrogens is 643 g/mol. The number of hydrogen-bond donors (Lipinski definition) is 1. The van der Waals surface area contributed by atoms with Gasteiger partial charge >= 0.3 is 0 Å². The van der Waals surface area contributed by atoms with Crippen LogP contribution in [0.15, 0.2) is 128 Å². The van der Waals surface area contributed by atoms with Gasteiger partial charge in [0, 0.05) is 30.6 Å². The Morgan fingerprint density at radius 2 is 1.54 bits per heavy atom. The van der Waals surface area contributed by atoms with Gasteiger partial charge in [-0.25, -0.2) is 0 Å². The Balaban J connectivity index is 1.30. The lowest BCUT2D eigenvalue weighted by atomic mass is 9.70. The molecule has 3 aliphatic rings. The highest BCUT2D eigenvalue weighted by Gasteiger charge is 2.74. The van der Waals surface area contributed by atoms with Crippen molar-refractivity contribution < 1.29 is 19.5 Å². The number of rotatable bonds is 13. The third-order valence-electron chi connectivity index (χ3n) is 10.7. The molecule has 6 atom stereocenters. The Hall–Kier alpha value is -4.66. The van der Waals surface area contributed by atoms with Crippen LogP contribution < -0.4 is 4.90 Å². The number of nitrogens with zero attached hydrogens (tertiary/aromatic N) is 3. The fourth-order valence-corrected chi connectivity index (χ4v) is 10.7. The van der Waals surface area contributed by atoms with Crippen molar-refractivity contribution in [3.05, 3.63) is 140 Å². The van der Waals surface area contributed by atoms with Crippen molar-refractivity contribution in [1.29, 1.82) is 0 Å². The third-order valence-corrected chi connectivity index (χ3v) is 12.6. The van der Waals surface area contributed by atoms with Crippen LogP contribution in [0.1, 0.15) is 24.0 Å². The monoisotopic (exact) mass is 685 g/mol. The van der Waals surface area contributed by atoms with Crippen LogP contribution >= 0.6 is 11.8 Å². The minimum Gasteiger partial charge on any atom is -0.394 e. The fraction of sp³-hybridized carbons (Fsp3) is 0.310. The summed E-state index contributed by atoms with van der Waals surface area (Å²) in [4.78, 5) is 50.1. The first-order valence-electron chi connectivity index (χ1n) is 17.4. The molecule has 3 saturated heterocycles. The number of aliphatic hydroxyl groups excluding tert-OH is 1. The summed E-state index contributed by atoms with van der Waals surface area (Å²) in [6.45, 7) is 8.60. The van der Waals surface area contributed by atoms with Crippen LogP contribution in [0.3, 0.4) is 0 Å². The number of carbonyl (C=O) groups excluding carboxylic acids is 3. The van der Waals surface area contributed by atoms with Crippen LogP contribution in [0.5, 0.6) is 0 Å². The van der Waals surface area contributed by atoms with E-state index in [1.165, 1.54) is 0 Å². The predicted molar refractivity (Wildman–Crippen MR) is 201 cm³/mol. The highest BCUT2D eigenvalue weighted by molar-refractivity contribution is 8.02. The van der Waals surface area contributed by atoms with Crippen molar-refractivity contribution in [1.82, 2.24) is 9.80 Å².